The van der Waals surface area contributed by atoms with Crippen molar-refractivity contribution in [1.82, 2.24) is 24.4 Å². The first-order valence-corrected chi connectivity index (χ1v) is 13.9. The maximum absolute atomic E-state index is 7.95. The molecule has 0 unspecified atom stereocenters. The largest absolute Gasteiger partial charge is 0.437 e. The molecule has 2 aromatic heterocycles. The molecule has 0 saturated carbocycles. The zero-order chi connectivity index (χ0) is 30.1. The third-order valence-electron chi connectivity index (χ3n) is 7.23. The highest BCUT2D eigenvalue weighted by Crippen LogP contribution is 2.34. The lowest BCUT2D eigenvalue weighted by Gasteiger charge is -2.18. The summed E-state index contributed by atoms with van der Waals surface area (Å²) in [5.74, 6) is 3.01. The normalized spacial score (nSPS) is 12.8. The average molecular weight is 576 g/mol. The molecule has 3 aromatic carbocycles. The van der Waals surface area contributed by atoms with Crippen LogP contribution in [-0.4, -0.2) is 70.3 Å². The van der Waals surface area contributed by atoms with Crippen LogP contribution in [0.4, 0.5) is 5.69 Å². The van der Waals surface area contributed by atoms with E-state index in [1.165, 1.54) is 0 Å². The predicted molar refractivity (Wildman–Crippen MR) is 168 cm³/mol. The Hall–Kier alpha value is -5.45. The number of hydrogen-bond donors (Lipinski definition) is 2. The Balaban J connectivity index is 1.43. The van der Waals surface area contributed by atoms with Gasteiger partial charge in [-0.15, -0.1) is 0 Å². The molecule has 43 heavy (non-hydrogen) atoms. The number of likely N-dealkylation sites (N-methyl/N-ethyl adjacent to an activating group) is 1. The molecule has 0 spiro atoms. The van der Waals surface area contributed by atoms with E-state index in [0.717, 1.165) is 41.6 Å². The smallest absolute Gasteiger partial charge is 0.327 e. The summed E-state index contributed by atoms with van der Waals surface area (Å²) in [4.78, 5) is 22.9. The molecule has 218 valence electrons. The molecule has 3 N–H and O–H groups in total. The van der Waals surface area contributed by atoms with Crippen LogP contribution in [0.3, 0.4) is 0 Å². The number of aliphatic imine (C=N–C) groups is 1. The maximum Gasteiger partial charge on any atom is 0.327 e. The maximum atomic E-state index is 7.95. The SMILES string of the molecule is Cc1nc2c(Oc3ccc(C(=N)N)c(N(C)C)c3)nc(Oc3cccc(C4=NCCN4C)c3)nc2n1Cc1ccccc1. The van der Waals surface area contributed by atoms with Gasteiger partial charge in [0.25, 0.3) is 5.88 Å². The summed E-state index contributed by atoms with van der Waals surface area (Å²) in [6.07, 6.45) is 0. The zero-order valence-corrected chi connectivity index (χ0v) is 24.6. The van der Waals surface area contributed by atoms with Gasteiger partial charge in [-0.2, -0.15) is 9.97 Å². The molecule has 0 radical (unpaired) electrons. The van der Waals surface area contributed by atoms with Crippen molar-refractivity contribution in [3.63, 3.8) is 0 Å². The van der Waals surface area contributed by atoms with Crippen LogP contribution in [0.15, 0.2) is 77.8 Å². The Bertz CT molecular complexity index is 1850. The molecule has 0 aliphatic carbocycles. The molecule has 0 fully saturated rings. The van der Waals surface area contributed by atoms with Gasteiger partial charge < -0.3 is 29.6 Å². The molecular weight excluding hydrogens is 542 g/mol. The molecule has 1 aliphatic rings. The lowest BCUT2D eigenvalue weighted by molar-refractivity contribution is 0.416. The fourth-order valence-electron chi connectivity index (χ4n) is 5.07. The predicted octanol–water partition coefficient (Wildman–Crippen LogP) is 4.81. The van der Waals surface area contributed by atoms with Gasteiger partial charge in [0.15, 0.2) is 11.2 Å². The molecule has 0 amide bonds. The van der Waals surface area contributed by atoms with Crippen LogP contribution < -0.4 is 20.1 Å². The lowest BCUT2D eigenvalue weighted by atomic mass is 10.1. The molecule has 0 saturated heterocycles. The first kappa shape index (κ1) is 27.7. The molecule has 11 heteroatoms. The Morgan fingerprint density at radius 1 is 0.953 bits per heavy atom. The highest BCUT2D eigenvalue weighted by Gasteiger charge is 2.21. The van der Waals surface area contributed by atoms with Crippen molar-refractivity contribution in [2.75, 3.05) is 39.1 Å². The van der Waals surface area contributed by atoms with Gasteiger partial charge >= 0.3 is 6.01 Å². The van der Waals surface area contributed by atoms with Gasteiger partial charge in [0.05, 0.1) is 18.8 Å². The van der Waals surface area contributed by atoms with Crippen molar-refractivity contribution in [2.24, 2.45) is 10.7 Å². The second-order valence-corrected chi connectivity index (χ2v) is 10.6. The van der Waals surface area contributed by atoms with Crippen LogP contribution in [0, 0.1) is 12.3 Å². The first-order chi connectivity index (χ1) is 20.8. The van der Waals surface area contributed by atoms with Gasteiger partial charge in [-0.3, -0.25) is 10.4 Å². The van der Waals surface area contributed by atoms with Gasteiger partial charge in [-0.25, -0.2) is 4.98 Å². The van der Waals surface area contributed by atoms with E-state index >= 15 is 0 Å². The summed E-state index contributed by atoms with van der Waals surface area (Å²) in [6, 6.07) is 23.3. The Labute approximate surface area is 249 Å². The Kier molecular flexibility index (Phi) is 7.37. The molecule has 0 bridgehead atoms. The number of fused-ring (bicyclic) bond motifs is 1. The van der Waals surface area contributed by atoms with Crippen molar-refractivity contribution in [3.05, 3.63) is 95.3 Å². The van der Waals surface area contributed by atoms with E-state index in [-0.39, 0.29) is 17.7 Å². The van der Waals surface area contributed by atoms with Crippen molar-refractivity contribution in [3.8, 4) is 23.4 Å². The van der Waals surface area contributed by atoms with Gasteiger partial charge in [-0.1, -0.05) is 42.5 Å². The van der Waals surface area contributed by atoms with Gasteiger partial charge in [0.1, 0.15) is 29.0 Å². The number of nitrogens with one attached hydrogen (secondary N) is 1. The third kappa shape index (κ3) is 5.69. The van der Waals surface area contributed by atoms with Crippen LogP contribution in [0.25, 0.3) is 11.2 Å². The number of benzene rings is 3. The first-order valence-electron chi connectivity index (χ1n) is 13.9. The quantitative estimate of drug-likeness (QED) is 0.189. The van der Waals surface area contributed by atoms with E-state index in [1.54, 1.807) is 12.1 Å². The number of rotatable bonds is 9. The number of aryl methyl sites for hydroxylation is 1. The molecule has 1 aliphatic heterocycles. The number of hydrogen-bond acceptors (Lipinski definition) is 9. The monoisotopic (exact) mass is 575 g/mol. The minimum absolute atomic E-state index is 0.0253. The second kappa shape index (κ2) is 11.4. The second-order valence-electron chi connectivity index (χ2n) is 10.6. The zero-order valence-electron chi connectivity index (χ0n) is 24.6. The highest BCUT2D eigenvalue weighted by atomic mass is 16.5. The van der Waals surface area contributed by atoms with Gasteiger partial charge in [-0.05, 0) is 36.8 Å². The minimum Gasteiger partial charge on any atom is -0.437 e. The fourth-order valence-corrected chi connectivity index (χ4v) is 5.07. The number of anilines is 1. The van der Waals surface area contributed by atoms with E-state index < -0.39 is 0 Å². The summed E-state index contributed by atoms with van der Waals surface area (Å²) in [7, 11) is 5.80. The molecule has 0 atom stereocenters. The molecular formula is C32H33N9O2. The lowest BCUT2D eigenvalue weighted by Crippen LogP contribution is -2.23. The summed E-state index contributed by atoms with van der Waals surface area (Å²) in [5.41, 5.74) is 10.3. The van der Waals surface area contributed by atoms with E-state index in [2.05, 4.69) is 27.0 Å². The number of nitrogens with zero attached hydrogens (tertiary/aromatic N) is 7. The van der Waals surface area contributed by atoms with E-state index in [9.17, 15) is 0 Å². The number of imidazole rings is 1. The molecule has 3 heterocycles. The average Bonchev–Trinajstić information content (AvgIpc) is 3.56. The van der Waals surface area contributed by atoms with Gasteiger partial charge in [0.2, 0.25) is 0 Å². The number of nitrogen functional groups attached to an aromatic ring is 1. The van der Waals surface area contributed by atoms with Crippen molar-refractivity contribution in [2.45, 2.75) is 13.5 Å². The standard InChI is InChI=1S/C32H33N9O2/c1-20-36-27-30(41(20)19-21-9-6-5-7-10-21)37-32(43-23-12-8-11-22(17-23)29-35-15-16-40(29)4)38-31(27)42-24-13-14-25(28(33)34)26(18-24)39(2)3/h5-14,17-18H,15-16,19H2,1-4H3,(H3,33,34). The van der Waals surface area contributed by atoms with Gasteiger partial charge in [0, 0.05) is 44.9 Å². The molecule has 6 rings (SSSR count). The number of ether oxygens (including phenoxy) is 2. The minimum atomic E-state index is -0.0253. The van der Waals surface area contributed by atoms with E-state index in [1.807, 2.05) is 86.1 Å². The fraction of sp³-hybridized carbons (Fsp3) is 0.219. The van der Waals surface area contributed by atoms with Crippen molar-refractivity contribution < 1.29 is 9.47 Å². The van der Waals surface area contributed by atoms with Crippen LogP contribution in [0.1, 0.15) is 22.5 Å². The van der Waals surface area contributed by atoms with Crippen LogP contribution in [-0.2, 0) is 6.54 Å². The number of amidine groups is 2. The summed E-state index contributed by atoms with van der Waals surface area (Å²) < 4.78 is 14.6. The van der Waals surface area contributed by atoms with E-state index in [4.69, 9.17) is 30.6 Å². The Morgan fingerprint density at radius 3 is 2.47 bits per heavy atom. The molecule has 5 aromatic rings. The summed E-state index contributed by atoms with van der Waals surface area (Å²) in [5, 5.41) is 7.95. The highest BCUT2D eigenvalue weighted by molar-refractivity contribution is 6.01. The van der Waals surface area contributed by atoms with Crippen molar-refractivity contribution in [1.29, 1.82) is 5.41 Å². The number of nitrogens with two attached hydrogens (primary N) is 1. The topological polar surface area (TPSA) is 131 Å². The molecule has 11 nitrogen and oxygen atoms in total. The van der Waals surface area contributed by atoms with E-state index in [0.29, 0.717) is 34.8 Å². The summed E-state index contributed by atoms with van der Waals surface area (Å²) >= 11 is 0. The van der Waals surface area contributed by atoms with Crippen LogP contribution >= 0.6 is 0 Å². The Morgan fingerprint density at radius 2 is 1.74 bits per heavy atom. The van der Waals surface area contributed by atoms with Crippen molar-refractivity contribution >= 4 is 28.5 Å². The number of aromatic nitrogens is 4. The van der Waals surface area contributed by atoms with Crippen LogP contribution in [0.2, 0.25) is 0 Å². The summed E-state index contributed by atoms with van der Waals surface area (Å²) in [6.45, 7) is 4.15. The third-order valence-corrected chi connectivity index (χ3v) is 7.23. The van der Waals surface area contributed by atoms with Crippen LogP contribution in [0.5, 0.6) is 23.4 Å².